The highest BCUT2D eigenvalue weighted by atomic mass is 35.5. The standard InChI is InChI=1S/C53H55ClO7/c1-3-39-24-26-40(27-25-39)28-45-29-47(46(30-48(45)54)36-56-31-38(2)55)50-52(59-34-43-20-12-6-13-21-43)53(60-35-44-22-14-7-15-23-44)51(58-33-42-18-10-5-11-19-42)49(61-50)37-57-32-41-16-8-4-9-17-41/h4-27,29-30,49-53H,3,28,31-37H2,1-2H3/t49-,50-,51-,52-,53+/m0/s1. The molecule has 0 bridgehead atoms. The van der Waals surface area contributed by atoms with Crippen molar-refractivity contribution in [1.29, 1.82) is 0 Å². The largest absolute Gasteiger partial charge is 0.374 e. The maximum Gasteiger partial charge on any atom is 0.155 e. The van der Waals surface area contributed by atoms with Gasteiger partial charge in [-0.05, 0) is 75.9 Å². The second-order valence-electron chi connectivity index (χ2n) is 15.6. The van der Waals surface area contributed by atoms with Crippen molar-refractivity contribution in [2.45, 2.75) is 90.2 Å². The summed E-state index contributed by atoms with van der Waals surface area (Å²) in [6.07, 6.45) is -1.58. The van der Waals surface area contributed by atoms with E-state index >= 15 is 0 Å². The molecule has 316 valence electrons. The Labute approximate surface area is 365 Å². The van der Waals surface area contributed by atoms with Gasteiger partial charge in [-0.1, -0.05) is 170 Å². The first-order valence-corrected chi connectivity index (χ1v) is 21.5. The lowest BCUT2D eigenvalue weighted by molar-refractivity contribution is -0.275. The number of ether oxygens (including phenoxy) is 6. The molecule has 8 heteroatoms. The van der Waals surface area contributed by atoms with Crippen LogP contribution >= 0.6 is 11.6 Å². The summed E-state index contributed by atoms with van der Waals surface area (Å²) in [5.74, 6) is -0.0683. The van der Waals surface area contributed by atoms with E-state index in [0.29, 0.717) is 37.9 Å². The Hall–Kier alpha value is -4.96. The number of benzene rings is 6. The summed E-state index contributed by atoms with van der Waals surface area (Å²) in [4.78, 5) is 12.1. The summed E-state index contributed by atoms with van der Waals surface area (Å²) in [5.41, 5.74) is 9.09. The molecule has 0 N–H and O–H groups in total. The summed E-state index contributed by atoms with van der Waals surface area (Å²) in [6.45, 7) is 5.35. The van der Waals surface area contributed by atoms with Gasteiger partial charge in [0.1, 0.15) is 37.1 Å². The van der Waals surface area contributed by atoms with Crippen LogP contribution in [0.4, 0.5) is 0 Å². The molecule has 0 unspecified atom stereocenters. The van der Waals surface area contributed by atoms with Gasteiger partial charge in [0.15, 0.2) is 5.78 Å². The number of carbonyl (C=O) groups excluding carboxylic acids is 1. The van der Waals surface area contributed by atoms with Gasteiger partial charge < -0.3 is 28.4 Å². The molecule has 0 spiro atoms. The third kappa shape index (κ3) is 12.8. The second kappa shape index (κ2) is 22.8. The number of aryl methyl sites for hydroxylation is 1. The topological polar surface area (TPSA) is 72.5 Å². The Balaban J connectivity index is 1.32. The first-order chi connectivity index (χ1) is 29.9. The van der Waals surface area contributed by atoms with Crippen LogP contribution in [0.5, 0.6) is 0 Å². The second-order valence-corrected chi connectivity index (χ2v) is 16.0. The van der Waals surface area contributed by atoms with Crippen LogP contribution in [0.15, 0.2) is 158 Å². The third-order valence-corrected chi connectivity index (χ3v) is 11.2. The van der Waals surface area contributed by atoms with E-state index in [9.17, 15) is 4.79 Å². The van der Waals surface area contributed by atoms with Gasteiger partial charge in [-0.3, -0.25) is 4.79 Å². The first-order valence-electron chi connectivity index (χ1n) is 21.1. The zero-order chi connectivity index (χ0) is 42.2. The van der Waals surface area contributed by atoms with Crippen molar-refractivity contribution in [3.05, 3.63) is 213 Å². The Morgan fingerprint density at radius 2 is 1.03 bits per heavy atom. The van der Waals surface area contributed by atoms with Crippen molar-refractivity contribution < 1.29 is 33.2 Å². The number of halogens is 1. The Morgan fingerprint density at radius 3 is 1.56 bits per heavy atom. The van der Waals surface area contributed by atoms with Crippen molar-refractivity contribution in [2.24, 2.45) is 0 Å². The highest BCUT2D eigenvalue weighted by Crippen LogP contribution is 2.41. The molecule has 1 aliphatic rings. The predicted octanol–water partition coefficient (Wildman–Crippen LogP) is 11.0. The quantitative estimate of drug-likeness (QED) is 0.0715. The van der Waals surface area contributed by atoms with Gasteiger partial charge in [-0.15, -0.1) is 0 Å². The molecule has 7 nitrogen and oxygen atoms in total. The molecule has 0 amide bonds. The number of Topliss-reactive ketones (excluding diaryl/α,β-unsaturated/α-hetero) is 1. The fourth-order valence-electron chi connectivity index (χ4n) is 7.66. The summed E-state index contributed by atoms with van der Waals surface area (Å²) < 4.78 is 40.8. The van der Waals surface area contributed by atoms with Gasteiger partial charge in [-0.2, -0.15) is 0 Å². The maximum atomic E-state index is 12.1. The van der Waals surface area contributed by atoms with Crippen molar-refractivity contribution in [3.8, 4) is 0 Å². The molecule has 1 aliphatic heterocycles. The van der Waals surface area contributed by atoms with Gasteiger partial charge in [0.2, 0.25) is 0 Å². The van der Waals surface area contributed by atoms with Gasteiger partial charge in [0, 0.05) is 5.02 Å². The predicted molar refractivity (Wildman–Crippen MR) is 239 cm³/mol. The molecule has 1 fully saturated rings. The highest BCUT2D eigenvalue weighted by Gasteiger charge is 2.49. The van der Waals surface area contributed by atoms with Crippen LogP contribution in [0.3, 0.4) is 0 Å². The van der Waals surface area contributed by atoms with Crippen LogP contribution in [0.2, 0.25) is 5.02 Å². The van der Waals surface area contributed by atoms with Gasteiger partial charge in [0.05, 0.1) is 39.6 Å². The molecule has 0 aliphatic carbocycles. The zero-order valence-electron chi connectivity index (χ0n) is 35.0. The highest BCUT2D eigenvalue weighted by molar-refractivity contribution is 6.31. The normalized spacial score (nSPS) is 18.8. The number of hydrogen-bond donors (Lipinski definition) is 0. The molecule has 6 aromatic rings. The minimum Gasteiger partial charge on any atom is -0.374 e. The summed E-state index contributed by atoms with van der Waals surface area (Å²) in [7, 11) is 0. The average Bonchev–Trinajstić information content (AvgIpc) is 3.29. The minimum atomic E-state index is -0.680. The lowest BCUT2D eigenvalue weighted by atomic mass is 9.87. The average molecular weight is 839 g/mol. The summed E-state index contributed by atoms with van der Waals surface area (Å²) in [5, 5.41) is 0.603. The fraction of sp³-hybridized carbons (Fsp3) is 0.302. The lowest BCUT2D eigenvalue weighted by Gasteiger charge is -2.47. The number of carbonyl (C=O) groups is 1. The van der Waals surface area contributed by atoms with Gasteiger partial charge >= 0.3 is 0 Å². The van der Waals surface area contributed by atoms with Crippen molar-refractivity contribution in [3.63, 3.8) is 0 Å². The number of hydrogen-bond acceptors (Lipinski definition) is 7. The molecule has 61 heavy (non-hydrogen) atoms. The third-order valence-electron chi connectivity index (χ3n) is 10.9. The molecule has 0 radical (unpaired) electrons. The van der Waals surface area contributed by atoms with E-state index in [4.69, 9.17) is 40.0 Å². The molecule has 6 aromatic carbocycles. The van der Waals surface area contributed by atoms with Crippen molar-refractivity contribution in [2.75, 3.05) is 13.2 Å². The van der Waals surface area contributed by atoms with Gasteiger partial charge in [0.25, 0.3) is 0 Å². The SMILES string of the molecule is CCc1ccc(Cc2cc([C@@H]3O[C@@H](COCc4ccccc4)[C@H](OCc4ccccc4)[C@@H](OCc4ccccc4)[C@H]3OCc3ccccc3)c(COCC(C)=O)cc2Cl)cc1. The zero-order valence-corrected chi connectivity index (χ0v) is 35.8. The fourth-order valence-corrected chi connectivity index (χ4v) is 7.91. The monoisotopic (exact) mass is 838 g/mol. The number of rotatable bonds is 21. The molecule has 7 rings (SSSR count). The van der Waals surface area contributed by atoms with Crippen LogP contribution in [0, 0.1) is 0 Å². The lowest BCUT2D eigenvalue weighted by Crippen LogP contribution is -2.58. The summed E-state index contributed by atoms with van der Waals surface area (Å²) >= 11 is 7.13. The van der Waals surface area contributed by atoms with Crippen LogP contribution in [0.1, 0.15) is 70.0 Å². The Bertz CT molecular complexity index is 2220. The Kier molecular flexibility index (Phi) is 16.5. The van der Waals surface area contributed by atoms with Crippen LogP contribution in [-0.2, 0) is 79.1 Å². The molecule has 0 aromatic heterocycles. The van der Waals surface area contributed by atoms with E-state index in [0.717, 1.165) is 50.9 Å². The molecule has 0 saturated carbocycles. The van der Waals surface area contributed by atoms with Crippen molar-refractivity contribution >= 4 is 17.4 Å². The maximum absolute atomic E-state index is 12.1. The Morgan fingerprint density at radius 1 is 0.541 bits per heavy atom. The molecule has 1 saturated heterocycles. The summed E-state index contributed by atoms with van der Waals surface area (Å²) in [6, 6.07) is 53.2. The molecular weight excluding hydrogens is 784 g/mol. The van der Waals surface area contributed by atoms with E-state index in [1.165, 1.54) is 12.5 Å². The number of ketones is 1. The first kappa shape index (κ1) is 44.1. The van der Waals surface area contributed by atoms with Crippen LogP contribution < -0.4 is 0 Å². The van der Waals surface area contributed by atoms with E-state index in [-0.39, 0.29) is 25.6 Å². The van der Waals surface area contributed by atoms with Gasteiger partial charge in [-0.25, -0.2) is 0 Å². The van der Waals surface area contributed by atoms with E-state index in [2.05, 4.69) is 61.5 Å². The van der Waals surface area contributed by atoms with E-state index in [1.54, 1.807) is 0 Å². The molecule has 5 atom stereocenters. The smallest absolute Gasteiger partial charge is 0.155 e. The van der Waals surface area contributed by atoms with Crippen LogP contribution in [0.25, 0.3) is 0 Å². The molecule has 1 heterocycles. The van der Waals surface area contributed by atoms with Crippen LogP contribution in [-0.4, -0.2) is 43.4 Å². The van der Waals surface area contributed by atoms with E-state index < -0.39 is 30.5 Å². The van der Waals surface area contributed by atoms with Crippen molar-refractivity contribution in [1.82, 2.24) is 0 Å². The minimum absolute atomic E-state index is 0.0315. The molecular formula is C53H55ClO7. The van der Waals surface area contributed by atoms with E-state index in [1.807, 2.05) is 103 Å².